The second-order valence-corrected chi connectivity index (χ2v) is 35.6. The van der Waals surface area contributed by atoms with Gasteiger partial charge in [0.05, 0.1) is 12.8 Å². The molecular formula is C90H200N30O23. The minimum absolute atomic E-state index is 0.0274. The number of nitrogens with two attached hydrogens (primary N) is 26. The maximum Gasteiger partial charge on any atom is 0.320 e. The van der Waals surface area contributed by atoms with E-state index in [4.69, 9.17) is 226 Å². The lowest BCUT2D eigenvalue weighted by molar-refractivity contribution is -0.139. The number of ether oxygens (including phenoxy) is 1. The van der Waals surface area contributed by atoms with E-state index in [0.717, 1.165) is 134 Å². The number of hydrogen-bond acceptors (Lipinski definition) is 42. The average molecular weight is 2070 g/mol. The molecular weight excluding hydrogens is 1870 g/mol. The summed E-state index contributed by atoms with van der Waals surface area (Å²) >= 11 is 0. The number of hydrogen-bond donors (Lipinski definition) is 41. The lowest BCUT2D eigenvalue weighted by Crippen LogP contribution is -2.41. The lowest BCUT2D eigenvalue weighted by atomic mass is 10.0. The molecule has 0 saturated heterocycles. The number of nitrogens with one attached hydrogen (secondary N) is 4. The molecule has 19 unspecified atom stereocenters. The van der Waals surface area contributed by atoms with Crippen LogP contribution in [-0.2, 0) is 57.5 Å². The van der Waals surface area contributed by atoms with Crippen molar-refractivity contribution in [2.24, 2.45) is 149 Å². The van der Waals surface area contributed by atoms with Gasteiger partial charge >= 0.3 is 65.7 Å². The molecule has 0 radical (unpaired) electrons. The van der Waals surface area contributed by atoms with Crippen molar-refractivity contribution in [2.75, 3.05) is 26.3 Å². The first-order chi connectivity index (χ1) is 66.1. The molecule has 0 heterocycles. The van der Waals surface area contributed by atoms with Gasteiger partial charge in [0.25, 0.3) is 0 Å². The van der Waals surface area contributed by atoms with E-state index in [1.807, 2.05) is 20.8 Å². The van der Waals surface area contributed by atoms with Crippen molar-refractivity contribution in [1.29, 1.82) is 16.2 Å². The third-order valence-corrected chi connectivity index (χ3v) is 20.1. The van der Waals surface area contributed by atoms with Gasteiger partial charge in [-0.25, -0.2) is 0 Å². The van der Waals surface area contributed by atoms with Crippen molar-refractivity contribution >= 4 is 82.8 Å². The third kappa shape index (κ3) is 133. The summed E-state index contributed by atoms with van der Waals surface area (Å²) in [5, 5.41) is 115. The topological polar surface area (TPSA) is 1180 Å². The van der Waals surface area contributed by atoms with E-state index in [0.29, 0.717) is 183 Å². The Morgan fingerprint density at radius 2 is 0.587 bits per heavy atom. The van der Waals surface area contributed by atoms with Crippen molar-refractivity contribution in [2.45, 2.75) is 433 Å². The number of aliphatic carboxylic acids is 11. The van der Waals surface area contributed by atoms with Gasteiger partial charge in [-0.3, -0.25) is 64.0 Å². The predicted molar refractivity (Wildman–Crippen MR) is 561 cm³/mol. The van der Waals surface area contributed by atoms with Gasteiger partial charge in [-0.1, -0.05) is 70.6 Å². The van der Waals surface area contributed by atoms with Crippen molar-refractivity contribution in [3.8, 4) is 0 Å². The summed E-state index contributed by atoms with van der Waals surface area (Å²) in [6, 6.07) is -8.78. The van der Waals surface area contributed by atoms with Crippen molar-refractivity contribution in [3.63, 3.8) is 0 Å². The molecule has 67 N–H and O–H groups in total. The fourth-order valence-corrected chi connectivity index (χ4v) is 10.8. The predicted octanol–water partition coefficient (Wildman–Crippen LogP) is -1.52. The van der Waals surface area contributed by atoms with E-state index in [2.05, 4.69) is 5.43 Å². The second-order valence-electron chi connectivity index (χ2n) is 35.6. The Balaban J connectivity index is -0.000000149. The fourth-order valence-electron chi connectivity index (χ4n) is 10.8. The van der Waals surface area contributed by atoms with Crippen molar-refractivity contribution in [3.05, 3.63) is 23.2 Å². The summed E-state index contributed by atoms with van der Waals surface area (Å²) < 4.78 is 5.18. The van der Waals surface area contributed by atoms with Crippen LogP contribution < -0.4 is 155 Å². The highest BCUT2D eigenvalue weighted by atomic mass is 16.5. The monoisotopic (exact) mass is 2070 g/mol. The highest BCUT2D eigenvalue weighted by molar-refractivity contribution is 5.80. The number of unbranched alkanes of at least 4 members (excludes halogenated alkanes) is 10. The zero-order valence-corrected chi connectivity index (χ0v) is 86.6. The molecule has 0 rings (SSSR count). The zero-order chi connectivity index (χ0) is 114. The van der Waals surface area contributed by atoms with Crippen LogP contribution in [-0.4, -0.2) is 286 Å². The summed E-state index contributed by atoms with van der Waals surface area (Å²) in [6.07, 6.45) is 30.4. The molecule has 0 spiro atoms. The van der Waals surface area contributed by atoms with Gasteiger partial charge in [0.15, 0.2) is 0 Å². The molecule has 0 saturated carbocycles. The fraction of sp³-hybridized carbons (Fsp3) is 0.800. The van der Waals surface area contributed by atoms with E-state index in [-0.39, 0.29) is 54.5 Å². The molecule has 848 valence electrons. The first-order valence-corrected chi connectivity index (χ1v) is 48.5. The van der Waals surface area contributed by atoms with Gasteiger partial charge in [-0.2, -0.15) is 0 Å². The minimum Gasteiger partial charge on any atom is -0.480 e. The number of hydrazine groups is 1. The van der Waals surface area contributed by atoms with Gasteiger partial charge in [-0.15, -0.1) is 0 Å². The Hall–Kier alpha value is -8.94. The highest BCUT2D eigenvalue weighted by Crippen LogP contribution is 2.14. The van der Waals surface area contributed by atoms with Crippen LogP contribution in [0.2, 0.25) is 0 Å². The standard InChI is InChI=1S/C11H22N2O2.C10H23N3O2.C10H20N2O3.C10H20N2O2.C8H19N3O2.C8H17N3O2.C7H17N3O2.C7H15N3O2.2C7H17N3O2.C5H13N3O2/c1-9(12)7-5-3-2-4-6-8-10(13)11(14)15;1-7(11)5-6-8(12)3-2-4-9(13)10(14)15;1-8(11)7-15-6-4-2-3-5-9(12)10(13)14;1-8(11)6-4-2-3-5-7-9(12)10(13)14;2*1-5(9)4-6(10)2-3-7(11)8(12)13;2*1-4(8)5(9)2-3-6(10)7(11)12;8-4-3-5(9)1-2-6(10)7(11)12;8-5(7(11)12)3-1-2-4-6(9)10;6-4(5(9)10)2-1-3-8-7/h10,12H,2-8,13H2,1H3,(H,14,15);7-9H,2-6,11-13H2,1H3,(H,14,15);9,11H,2-7,12H2,1H3,(H,13,14);9,11H,2-7,12H2,1H3,(H,13,14);5-7H,2-4,9-11H2,1H3,(H,12,13);4,6-7H,2-3,9-11H2,1H3,(H,12,13);4-6H,2-3,8-10H2,1H3,(H,11,12);6H,2-3,8-10H2,1H3,(H,11,12);2*5-6H,1-4,8-10H2,(H,11,12);4,8H,1-3,6-7H2,(H,9,10)/b;;;;;5-4-;;5-4-;;;. The Bertz CT molecular complexity index is 3280. The van der Waals surface area contributed by atoms with Gasteiger partial charge in [0.2, 0.25) is 0 Å². The quantitative estimate of drug-likeness (QED) is 0.0108. The van der Waals surface area contributed by atoms with Crippen LogP contribution in [0.4, 0.5) is 0 Å². The number of carbonyl (C=O) groups is 11. The second kappa shape index (κ2) is 104. The van der Waals surface area contributed by atoms with E-state index in [9.17, 15) is 52.7 Å². The molecule has 0 aromatic carbocycles. The Labute approximate surface area is 846 Å². The number of carboxylic acids is 11. The largest absolute Gasteiger partial charge is 0.480 e. The number of allylic oxidation sites excluding steroid dienone is 3. The van der Waals surface area contributed by atoms with Crippen LogP contribution in [0.5, 0.6) is 0 Å². The molecule has 0 aliphatic carbocycles. The minimum atomic E-state index is -1.02. The average Bonchev–Trinajstić information content (AvgIpc) is 0.972. The van der Waals surface area contributed by atoms with Crippen LogP contribution in [0.25, 0.3) is 0 Å². The SMILES string of the molecule is C/C(N)=C(/N)CCC(N)C(=O)O.C/C(N)=C/C(N)CCC(N)C(=O)O.CC(=N)CCCCCCC(N)C(=O)O.CC(=N)CCCCCCCC(N)C(=O)O.CC(=N)COCCCCCC(N)C(=O)O.CC(N)C(N)CCC(N)C(=O)O.CC(N)CC(N)CCC(N)C(=O)O.CC(N)CCC(N)CCCC(N)C(=O)O.NC(N)CCCCC(N)C(=O)O.NCCC(N)CCC(N)C(=O)O.NNCCCC(N)C(=O)O. The third-order valence-electron chi connectivity index (χ3n) is 20.1. The summed E-state index contributed by atoms with van der Waals surface area (Å²) in [4.78, 5) is 113. The summed E-state index contributed by atoms with van der Waals surface area (Å²) in [7, 11) is 0. The molecule has 53 heteroatoms. The molecule has 19 atom stereocenters. The van der Waals surface area contributed by atoms with Crippen LogP contribution in [0.15, 0.2) is 23.2 Å². The molecule has 0 aliphatic heterocycles. The zero-order valence-electron chi connectivity index (χ0n) is 86.6. The lowest BCUT2D eigenvalue weighted by Gasteiger charge is -2.16. The summed E-state index contributed by atoms with van der Waals surface area (Å²) in [5.74, 6) is -5.63. The Kier molecular flexibility index (Phi) is 114. The molecule has 0 amide bonds. The van der Waals surface area contributed by atoms with Crippen LogP contribution in [0.1, 0.15) is 312 Å². The first kappa shape index (κ1) is 157. The van der Waals surface area contributed by atoms with E-state index >= 15 is 0 Å². The highest BCUT2D eigenvalue weighted by Gasteiger charge is 2.21. The smallest absolute Gasteiger partial charge is 0.320 e. The van der Waals surface area contributed by atoms with Crippen LogP contribution in [0, 0.1) is 16.2 Å². The number of carboxylic acid groups (broad SMARTS) is 11. The first-order valence-electron chi connectivity index (χ1n) is 48.5. The molecule has 0 aromatic heterocycles. The van der Waals surface area contributed by atoms with Crippen LogP contribution in [0.3, 0.4) is 0 Å². The van der Waals surface area contributed by atoms with E-state index in [1.54, 1.807) is 40.7 Å². The summed E-state index contributed by atoms with van der Waals surface area (Å²) in [5.41, 5.74) is 141. The van der Waals surface area contributed by atoms with Crippen LogP contribution >= 0.6 is 0 Å². The molecule has 0 aromatic rings. The van der Waals surface area contributed by atoms with Gasteiger partial charge < -0.3 is 220 Å². The van der Waals surface area contributed by atoms with Gasteiger partial charge in [0, 0.05) is 95.7 Å². The Morgan fingerprint density at radius 3 is 0.895 bits per heavy atom. The van der Waals surface area contributed by atoms with Gasteiger partial charge in [-0.05, 0) is 254 Å². The molecule has 143 heavy (non-hydrogen) atoms. The molecule has 53 nitrogen and oxygen atoms in total. The maximum atomic E-state index is 10.4. The van der Waals surface area contributed by atoms with Crippen molar-refractivity contribution < 1.29 is 114 Å². The normalized spacial score (nSPS) is 14.9. The van der Waals surface area contributed by atoms with Crippen molar-refractivity contribution in [1.82, 2.24) is 5.43 Å². The maximum absolute atomic E-state index is 10.4. The summed E-state index contributed by atoms with van der Waals surface area (Å²) in [6.45, 7) is 16.5. The molecule has 0 bridgehead atoms. The van der Waals surface area contributed by atoms with E-state index < -0.39 is 132 Å². The molecule has 0 aliphatic rings. The van der Waals surface area contributed by atoms with E-state index in [1.165, 1.54) is 0 Å². The Morgan fingerprint density at radius 1 is 0.301 bits per heavy atom. The molecule has 0 fully saturated rings. The van der Waals surface area contributed by atoms with Gasteiger partial charge in [0.1, 0.15) is 66.5 Å². The number of rotatable bonds is 71.